The van der Waals surface area contributed by atoms with Crippen LogP contribution in [0.5, 0.6) is 0 Å². The van der Waals surface area contributed by atoms with Crippen molar-refractivity contribution < 1.29 is 0 Å². The predicted octanol–water partition coefficient (Wildman–Crippen LogP) is 2.73. The fraction of sp³-hybridized carbons (Fsp3) is 0.100. The average molecular weight is 175 g/mol. The largest absolute Gasteiger partial charge is 0.249 e. The molecule has 0 fully saturated rings. The molecule has 0 aliphatic heterocycles. The van der Waals surface area contributed by atoms with Gasteiger partial charge in [-0.15, -0.1) is 11.3 Å². The number of rotatable bonds is 2. The van der Waals surface area contributed by atoms with E-state index in [1.807, 2.05) is 17.6 Å². The van der Waals surface area contributed by atoms with Gasteiger partial charge in [-0.2, -0.15) is 0 Å². The maximum absolute atomic E-state index is 4.23. The second kappa shape index (κ2) is 3.50. The first-order valence-electron chi connectivity index (χ1n) is 3.87. The Bertz CT molecular complexity index is 326. The minimum atomic E-state index is 0.957. The highest BCUT2D eigenvalue weighted by Gasteiger charge is 1.95. The highest BCUT2D eigenvalue weighted by molar-refractivity contribution is 7.09. The van der Waals surface area contributed by atoms with Crippen LogP contribution in [0, 0.1) is 0 Å². The summed E-state index contributed by atoms with van der Waals surface area (Å²) in [7, 11) is 0. The summed E-state index contributed by atoms with van der Waals surface area (Å²) in [6, 6.07) is 10.4. The van der Waals surface area contributed by atoms with Crippen LogP contribution in [0.3, 0.4) is 0 Å². The fourth-order valence-corrected chi connectivity index (χ4v) is 1.76. The molecule has 0 N–H and O–H groups in total. The van der Waals surface area contributed by atoms with Crippen LogP contribution in [-0.2, 0) is 6.42 Å². The molecule has 0 unspecified atom stereocenters. The third-order valence-electron chi connectivity index (χ3n) is 1.68. The summed E-state index contributed by atoms with van der Waals surface area (Å²) in [6.07, 6.45) is 2.81. The van der Waals surface area contributed by atoms with Crippen molar-refractivity contribution in [3.63, 3.8) is 0 Å². The maximum atomic E-state index is 4.23. The van der Waals surface area contributed by atoms with Crippen molar-refractivity contribution in [2.75, 3.05) is 0 Å². The first-order valence-corrected chi connectivity index (χ1v) is 4.75. The minimum absolute atomic E-state index is 0.957. The van der Waals surface area contributed by atoms with Gasteiger partial charge in [0.1, 0.15) is 0 Å². The Hall–Kier alpha value is -1.15. The van der Waals surface area contributed by atoms with Gasteiger partial charge in [-0.3, -0.25) is 0 Å². The van der Waals surface area contributed by atoms with Gasteiger partial charge in [0.15, 0.2) is 0 Å². The zero-order chi connectivity index (χ0) is 8.23. The third kappa shape index (κ3) is 1.71. The standard InChI is InChI=1S/C10H9NS/c1-2-4-9(5-3-1)8-10-11-6-7-12-10/h1-7H,8H2. The van der Waals surface area contributed by atoms with Crippen molar-refractivity contribution in [2.45, 2.75) is 6.42 Å². The molecule has 0 spiro atoms. The van der Waals surface area contributed by atoms with Crippen LogP contribution in [0.25, 0.3) is 0 Å². The molecule has 0 amide bonds. The molecule has 0 bridgehead atoms. The van der Waals surface area contributed by atoms with Gasteiger partial charge in [0.2, 0.25) is 0 Å². The normalized spacial score (nSPS) is 10.0. The molecule has 1 aromatic heterocycles. The van der Waals surface area contributed by atoms with Crippen LogP contribution in [0.2, 0.25) is 0 Å². The van der Waals surface area contributed by atoms with Gasteiger partial charge < -0.3 is 0 Å². The van der Waals surface area contributed by atoms with Gasteiger partial charge in [0.05, 0.1) is 5.01 Å². The van der Waals surface area contributed by atoms with Crippen molar-refractivity contribution in [1.82, 2.24) is 4.98 Å². The molecular weight excluding hydrogens is 166 g/mol. The van der Waals surface area contributed by atoms with Gasteiger partial charge in [0, 0.05) is 18.0 Å². The fourth-order valence-electron chi connectivity index (χ4n) is 1.11. The molecule has 0 atom stereocenters. The van der Waals surface area contributed by atoms with E-state index in [0.717, 1.165) is 6.42 Å². The lowest BCUT2D eigenvalue weighted by atomic mass is 10.2. The van der Waals surface area contributed by atoms with Crippen LogP contribution in [0.1, 0.15) is 10.6 Å². The van der Waals surface area contributed by atoms with Crippen molar-refractivity contribution in [1.29, 1.82) is 0 Å². The number of aromatic nitrogens is 1. The number of thiazole rings is 1. The van der Waals surface area contributed by atoms with Gasteiger partial charge >= 0.3 is 0 Å². The summed E-state index contributed by atoms with van der Waals surface area (Å²) in [5.41, 5.74) is 1.33. The Morgan fingerprint density at radius 2 is 2.00 bits per heavy atom. The van der Waals surface area contributed by atoms with Gasteiger partial charge in [-0.05, 0) is 5.56 Å². The van der Waals surface area contributed by atoms with E-state index in [1.165, 1.54) is 10.6 Å². The molecule has 1 aromatic carbocycles. The van der Waals surface area contributed by atoms with E-state index in [4.69, 9.17) is 0 Å². The molecular formula is C10H9NS. The van der Waals surface area contributed by atoms with Crippen LogP contribution in [0.15, 0.2) is 41.9 Å². The lowest BCUT2D eigenvalue weighted by Gasteiger charge is -1.95. The number of hydrogen-bond acceptors (Lipinski definition) is 2. The summed E-state index contributed by atoms with van der Waals surface area (Å²) in [5.74, 6) is 0. The first kappa shape index (κ1) is 7.50. The van der Waals surface area contributed by atoms with E-state index in [-0.39, 0.29) is 0 Å². The molecule has 1 nitrogen and oxygen atoms in total. The van der Waals surface area contributed by atoms with E-state index < -0.39 is 0 Å². The van der Waals surface area contributed by atoms with Crippen LogP contribution >= 0.6 is 11.3 Å². The lowest BCUT2D eigenvalue weighted by molar-refractivity contribution is 1.14. The Morgan fingerprint density at radius 1 is 1.17 bits per heavy atom. The summed E-state index contributed by atoms with van der Waals surface area (Å²) >= 11 is 1.71. The average Bonchev–Trinajstić information content (AvgIpc) is 2.59. The summed E-state index contributed by atoms with van der Waals surface area (Å²) < 4.78 is 0. The molecule has 12 heavy (non-hydrogen) atoms. The number of nitrogens with zero attached hydrogens (tertiary/aromatic N) is 1. The highest BCUT2D eigenvalue weighted by atomic mass is 32.1. The molecule has 0 saturated heterocycles. The first-order chi connectivity index (χ1) is 5.95. The minimum Gasteiger partial charge on any atom is -0.249 e. The Morgan fingerprint density at radius 3 is 2.67 bits per heavy atom. The van der Waals surface area contributed by atoms with E-state index in [1.54, 1.807) is 11.3 Å². The molecule has 0 radical (unpaired) electrons. The zero-order valence-electron chi connectivity index (χ0n) is 6.60. The highest BCUT2D eigenvalue weighted by Crippen LogP contribution is 2.10. The molecule has 0 aliphatic carbocycles. The van der Waals surface area contributed by atoms with Gasteiger partial charge in [-0.25, -0.2) is 4.98 Å². The molecule has 2 rings (SSSR count). The number of hydrogen-bond donors (Lipinski definition) is 0. The Kier molecular flexibility index (Phi) is 2.19. The van der Waals surface area contributed by atoms with Gasteiger partial charge in [0.25, 0.3) is 0 Å². The summed E-state index contributed by atoms with van der Waals surface area (Å²) in [4.78, 5) is 4.23. The Labute approximate surface area is 75.7 Å². The zero-order valence-corrected chi connectivity index (χ0v) is 7.42. The molecule has 1 heterocycles. The van der Waals surface area contributed by atoms with E-state index in [0.29, 0.717) is 0 Å². The molecule has 2 aromatic rings. The topological polar surface area (TPSA) is 12.9 Å². The van der Waals surface area contributed by atoms with Crippen molar-refractivity contribution >= 4 is 11.3 Å². The summed E-state index contributed by atoms with van der Waals surface area (Å²) in [6.45, 7) is 0. The predicted molar refractivity (Wildman–Crippen MR) is 51.4 cm³/mol. The van der Waals surface area contributed by atoms with Crippen LogP contribution in [0.4, 0.5) is 0 Å². The summed E-state index contributed by atoms with van der Waals surface area (Å²) in [5, 5.41) is 3.19. The van der Waals surface area contributed by atoms with Crippen molar-refractivity contribution in [3.05, 3.63) is 52.5 Å². The number of benzene rings is 1. The lowest BCUT2D eigenvalue weighted by Crippen LogP contribution is -1.84. The van der Waals surface area contributed by atoms with E-state index in [9.17, 15) is 0 Å². The SMILES string of the molecule is c1ccc(Cc2nccs2)cc1. The third-order valence-corrected chi connectivity index (χ3v) is 2.46. The second-order valence-corrected chi connectivity index (χ2v) is 3.57. The molecule has 0 saturated carbocycles. The van der Waals surface area contributed by atoms with E-state index in [2.05, 4.69) is 29.2 Å². The Balaban J connectivity index is 2.15. The van der Waals surface area contributed by atoms with Crippen LogP contribution in [-0.4, -0.2) is 4.98 Å². The van der Waals surface area contributed by atoms with Crippen LogP contribution < -0.4 is 0 Å². The van der Waals surface area contributed by atoms with E-state index >= 15 is 0 Å². The van der Waals surface area contributed by atoms with Crippen molar-refractivity contribution in [2.24, 2.45) is 0 Å². The molecule has 60 valence electrons. The quantitative estimate of drug-likeness (QED) is 0.684. The molecule has 2 heteroatoms. The smallest absolute Gasteiger partial charge is 0.0968 e. The second-order valence-electron chi connectivity index (χ2n) is 2.59. The van der Waals surface area contributed by atoms with Gasteiger partial charge in [-0.1, -0.05) is 30.3 Å². The van der Waals surface area contributed by atoms with Crippen molar-refractivity contribution in [3.8, 4) is 0 Å². The maximum Gasteiger partial charge on any atom is 0.0968 e. The monoisotopic (exact) mass is 175 g/mol. The molecule has 0 aliphatic rings.